The summed E-state index contributed by atoms with van der Waals surface area (Å²) < 4.78 is 5.05. The molecule has 1 aliphatic rings. The van der Waals surface area contributed by atoms with Gasteiger partial charge in [-0.05, 0) is 33.1 Å². The average molecular weight is 229 g/mol. The Morgan fingerprint density at radius 1 is 1.38 bits per heavy atom. The number of aliphatic carboxylic acids is 1. The zero-order valence-electron chi connectivity index (χ0n) is 9.95. The quantitative estimate of drug-likeness (QED) is 0.552. The van der Waals surface area contributed by atoms with Crippen LogP contribution in [-0.2, 0) is 14.3 Å². The van der Waals surface area contributed by atoms with Crippen LogP contribution >= 0.6 is 0 Å². The third-order valence-electron chi connectivity index (χ3n) is 2.45. The fourth-order valence-electron chi connectivity index (χ4n) is 1.40. The number of hydrogen-bond donors (Lipinski definition) is 2. The third-order valence-corrected chi connectivity index (χ3v) is 2.45. The summed E-state index contributed by atoms with van der Waals surface area (Å²) in [7, 11) is 0. The SMILES string of the molecule is CC(C)(C)OC(=O)C(N)(CC1CC1)C(=O)O. The van der Waals surface area contributed by atoms with Gasteiger partial charge in [0, 0.05) is 0 Å². The van der Waals surface area contributed by atoms with Gasteiger partial charge in [-0.15, -0.1) is 0 Å². The molecule has 0 aromatic rings. The highest BCUT2D eigenvalue weighted by atomic mass is 16.6. The van der Waals surface area contributed by atoms with Crippen molar-refractivity contribution in [3.63, 3.8) is 0 Å². The highest BCUT2D eigenvalue weighted by Crippen LogP contribution is 2.36. The smallest absolute Gasteiger partial charge is 0.338 e. The molecule has 0 aliphatic heterocycles. The minimum absolute atomic E-state index is 0.164. The summed E-state index contributed by atoms with van der Waals surface area (Å²) in [4.78, 5) is 22.8. The Bertz CT molecular complexity index is 304. The van der Waals surface area contributed by atoms with E-state index in [4.69, 9.17) is 15.6 Å². The minimum Gasteiger partial charge on any atom is -0.479 e. The second-order valence-corrected chi connectivity index (χ2v) is 5.43. The molecule has 3 N–H and O–H groups in total. The van der Waals surface area contributed by atoms with Gasteiger partial charge in [-0.2, -0.15) is 0 Å². The molecule has 0 spiro atoms. The van der Waals surface area contributed by atoms with Gasteiger partial charge in [-0.25, -0.2) is 9.59 Å². The fraction of sp³-hybridized carbons (Fsp3) is 0.818. The van der Waals surface area contributed by atoms with Crippen LogP contribution in [0, 0.1) is 5.92 Å². The Kier molecular flexibility index (Phi) is 3.28. The van der Waals surface area contributed by atoms with E-state index < -0.39 is 23.1 Å². The summed E-state index contributed by atoms with van der Waals surface area (Å²) in [6.45, 7) is 5.05. The van der Waals surface area contributed by atoms with E-state index >= 15 is 0 Å². The Morgan fingerprint density at radius 3 is 2.19 bits per heavy atom. The summed E-state index contributed by atoms with van der Waals surface area (Å²) in [6, 6.07) is 0. The molecule has 0 bridgehead atoms. The molecule has 5 nitrogen and oxygen atoms in total. The first-order valence-corrected chi connectivity index (χ1v) is 5.41. The second kappa shape index (κ2) is 4.05. The number of esters is 1. The van der Waals surface area contributed by atoms with Crippen LogP contribution in [0.4, 0.5) is 0 Å². The van der Waals surface area contributed by atoms with Crippen LogP contribution < -0.4 is 5.73 Å². The Balaban J connectivity index is 2.75. The predicted octanol–water partition coefficient (Wildman–Crippen LogP) is 0.910. The van der Waals surface area contributed by atoms with Gasteiger partial charge in [0.1, 0.15) is 5.60 Å². The first kappa shape index (κ1) is 13.0. The van der Waals surface area contributed by atoms with Crippen molar-refractivity contribution in [2.24, 2.45) is 11.7 Å². The molecule has 1 rings (SSSR count). The number of carboxylic acids is 1. The number of carbonyl (C=O) groups is 2. The van der Waals surface area contributed by atoms with E-state index in [1.54, 1.807) is 20.8 Å². The van der Waals surface area contributed by atoms with Gasteiger partial charge in [0.05, 0.1) is 0 Å². The lowest BCUT2D eigenvalue weighted by molar-refractivity contribution is -0.169. The van der Waals surface area contributed by atoms with E-state index in [-0.39, 0.29) is 12.3 Å². The summed E-state index contributed by atoms with van der Waals surface area (Å²) >= 11 is 0. The first-order chi connectivity index (χ1) is 7.15. The Morgan fingerprint density at radius 2 is 1.88 bits per heavy atom. The van der Waals surface area contributed by atoms with Gasteiger partial charge in [-0.3, -0.25) is 0 Å². The van der Waals surface area contributed by atoms with Crippen molar-refractivity contribution in [2.45, 2.75) is 51.2 Å². The van der Waals surface area contributed by atoms with Crippen molar-refractivity contribution in [1.29, 1.82) is 0 Å². The van der Waals surface area contributed by atoms with Crippen LogP contribution in [0.1, 0.15) is 40.0 Å². The molecule has 1 aliphatic carbocycles. The first-order valence-electron chi connectivity index (χ1n) is 5.41. The number of rotatable bonds is 4. The normalized spacial score (nSPS) is 20.0. The molecule has 0 heterocycles. The van der Waals surface area contributed by atoms with Crippen LogP contribution in [0.3, 0.4) is 0 Å². The molecule has 0 radical (unpaired) electrons. The van der Waals surface area contributed by atoms with Crippen LogP contribution in [-0.4, -0.2) is 28.2 Å². The lowest BCUT2D eigenvalue weighted by Gasteiger charge is -2.28. The molecule has 1 fully saturated rings. The molecule has 0 saturated heterocycles. The summed E-state index contributed by atoms with van der Waals surface area (Å²) in [5.41, 5.74) is 3.04. The monoisotopic (exact) mass is 229 g/mol. The van der Waals surface area contributed by atoms with Crippen molar-refractivity contribution < 1.29 is 19.4 Å². The Hall–Kier alpha value is -1.10. The topological polar surface area (TPSA) is 89.6 Å². The van der Waals surface area contributed by atoms with E-state index in [1.165, 1.54) is 0 Å². The molecular formula is C11H19NO4. The summed E-state index contributed by atoms with van der Waals surface area (Å²) in [5.74, 6) is -1.92. The molecule has 0 aromatic carbocycles. The largest absolute Gasteiger partial charge is 0.479 e. The number of ether oxygens (including phenoxy) is 1. The Labute approximate surface area is 95.0 Å². The molecule has 16 heavy (non-hydrogen) atoms. The van der Waals surface area contributed by atoms with E-state index in [9.17, 15) is 9.59 Å². The number of carboxylic acid groups (broad SMARTS) is 1. The average Bonchev–Trinajstić information content (AvgIpc) is 2.84. The number of nitrogens with two attached hydrogens (primary N) is 1. The van der Waals surface area contributed by atoms with Crippen molar-refractivity contribution >= 4 is 11.9 Å². The van der Waals surface area contributed by atoms with Gasteiger partial charge in [0.15, 0.2) is 0 Å². The maximum absolute atomic E-state index is 11.8. The highest BCUT2D eigenvalue weighted by molar-refractivity contribution is 6.03. The standard InChI is InChI=1S/C11H19NO4/c1-10(2,3)16-9(15)11(12,8(13)14)6-7-4-5-7/h7H,4-6,12H2,1-3H3,(H,13,14). The zero-order valence-corrected chi connectivity index (χ0v) is 9.95. The maximum Gasteiger partial charge on any atom is 0.338 e. The van der Waals surface area contributed by atoms with Gasteiger partial charge >= 0.3 is 11.9 Å². The van der Waals surface area contributed by atoms with Crippen LogP contribution in [0.25, 0.3) is 0 Å². The summed E-state index contributed by atoms with van der Waals surface area (Å²) in [5, 5.41) is 9.05. The van der Waals surface area contributed by atoms with Gasteiger partial charge in [0.2, 0.25) is 5.54 Å². The van der Waals surface area contributed by atoms with Gasteiger partial charge in [-0.1, -0.05) is 12.8 Å². The molecule has 1 unspecified atom stereocenters. The number of hydrogen-bond acceptors (Lipinski definition) is 4. The summed E-state index contributed by atoms with van der Waals surface area (Å²) in [6.07, 6.45) is 2.04. The van der Waals surface area contributed by atoms with Crippen LogP contribution in [0.2, 0.25) is 0 Å². The highest BCUT2D eigenvalue weighted by Gasteiger charge is 2.48. The van der Waals surface area contributed by atoms with Gasteiger partial charge in [0.25, 0.3) is 0 Å². The molecule has 0 aromatic heterocycles. The van der Waals surface area contributed by atoms with Crippen molar-refractivity contribution in [1.82, 2.24) is 0 Å². The van der Waals surface area contributed by atoms with E-state index in [2.05, 4.69) is 0 Å². The third kappa shape index (κ3) is 3.20. The molecule has 1 atom stereocenters. The van der Waals surface area contributed by atoms with Gasteiger partial charge < -0.3 is 15.6 Å². The van der Waals surface area contributed by atoms with Crippen LogP contribution in [0.15, 0.2) is 0 Å². The fourth-order valence-corrected chi connectivity index (χ4v) is 1.40. The molecule has 1 saturated carbocycles. The van der Waals surface area contributed by atoms with E-state index in [0.29, 0.717) is 0 Å². The van der Waals surface area contributed by atoms with Crippen molar-refractivity contribution in [3.8, 4) is 0 Å². The van der Waals surface area contributed by atoms with Crippen LogP contribution in [0.5, 0.6) is 0 Å². The minimum atomic E-state index is -1.89. The van der Waals surface area contributed by atoms with E-state index in [0.717, 1.165) is 12.8 Å². The van der Waals surface area contributed by atoms with E-state index in [1.807, 2.05) is 0 Å². The molecule has 5 heteroatoms. The van der Waals surface area contributed by atoms with Crippen molar-refractivity contribution in [3.05, 3.63) is 0 Å². The zero-order chi connectivity index (χ0) is 12.6. The lowest BCUT2D eigenvalue weighted by Crippen LogP contribution is -2.57. The molecule has 92 valence electrons. The predicted molar refractivity (Wildman–Crippen MR) is 57.7 cm³/mol. The lowest BCUT2D eigenvalue weighted by atomic mass is 9.93. The molecule has 0 amide bonds. The van der Waals surface area contributed by atoms with Crippen molar-refractivity contribution in [2.75, 3.05) is 0 Å². The molecular weight excluding hydrogens is 210 g/mol. The number of carbonyl (C=O) groups excluding carboxylic acids is 1. The second-order valence-electron chi connectivity index (χ2n) is 5.43. The maximum atomic E-state index is 11.8.